The summed E-state index contributed by atoms with van der Waals surface area (Å²) in [5, 5.41) is 18.4. The molecule has 0 bridgehead atoms. The van der Waals surface area contributed by atoms with E-state index in [9.17, 15) is 0 Å². The average molecular weight is 447 g/mol. The molecule has 1 N–H and O–H groups in total. The number of aryl methyl sites for hydroxylation is 2. The molecule has 0 radical (unpaired) electrons. The maximum Gasteiger partial charge on any atom is 0.149 e. The maximum absolute atomic E-state index is 5.53. The number of nitrogens with zero attached hydrogens (tertiary/aromatic N) is 5. The monoisotopic (exact) mass is 446 g/mol. The molecule has 1 unspecified atom stereocenters. The van der Waals surface area contributed by atoms with Crippen molar-refractivity contribution >= 4 is 16.7 Å². The Kier molecular flexibility index (Phi) is 5.54. The number of fused-ring (bicyclic) bond motifs is 2. The molecule has 7 heteroatoms. The average Bonchev–Trinajstić information content (AvgIpc) is 3.46. The van der Waals surface area contributed by atoms with Crippen molar-refractivity contribution < 1.29 is 4.74 Å². The summed E-state index contributed by atoms with van der Waals surface area (Å²) < 4.78 is 7.38. The number of ether oxygens (including phenoxy) is 1. The van der Waals surface area contributed by atoms with Crippen molar-refractivity contribution in [2.24, 2.45) is 24.8 Å². The largest absolute Gasteiger partial charge is 0.381 e. The van der Waals surface area contributed by atoms with Crippen LogP contribution >= 0.6 is 0 Å². The third-order valence-corrected chi connectivity index (χ3v) is 7.91. The number of likely N-dealkylation sites (tertiary alicyclic amines) is 1. The first kappa shape index (κ1) is 21.1. The van der Waals surface area contributed by atoms with Crippen LogP contribution in [0.1, 0.15) is 31.2 Å². The molecular weight excluding hydrogens is 412 g/mol. The van der Waals surface area contributed by atoms with Crippen LogP contribution in [0, 0.1) is 24.7 Å². The predicted molar refractivity (Wildman–Crippen MR) is 130 cm³/mol. The number of aromatic nitrogens is 4. The quantitative estimate of drug-likeness (QED) is 0.641. The zero-order valence-corrected chi connectivity index (χ0v) is 19.7. The molecule has 1 aromatic carbocycles. The number of hydrogen-bond acceptors (Lipinski definition) is 6. The molecule has 3 aliphatic rings. The van der Waals surface area contributed by atoms with E-state index in [0.29, 0.717) is 6.04 Å². The second-order valence-corrected chi connectivity index (χ2v) is 10.4. The Hall–Kier alpha value is -2.51. The minimum absolute atomic E-state index is 0.511. The summed E-state index contributed by atoms with van der Waals surface area (Å²) in [6.45, 7) is 7.83. The van der Waals surface area contributed by atoms with Gasteiger partial charge in [-0.2, -0.15) is 5.10 Å². The zero-order valence-electron chi connectivity index (χ0n) is 19.7. The fourth-order valence-corrected chi connectivity index (χ4v) is 6.30. The first-order valence-corrected chi connectivity index (χ1v) is 12.5. The van der Waals surface area contributed by atoms with Crippen LogP contribution in [0.2, 0.25) is 0 Å². The van der Waals surface area contributed by atoms with Gasteiger partial charge >= 0.3 is 0 Å². The lowest BCUT2D eigenvalue weighted by Gasteiger charge is -2.27. The van der Waals surface area contributed by atoms with Crippen molar-refractivity contribution in [3.8, 4) is 11.3 Å². The van der Waals surface area contributed by atoms with Crippen molar-refractivity contribution in [2.75, 3.05) is 38.2 Å². The second-order valence-electron chi connectivity index (χ2n) is 10.4. The summed E-state index contributed by atoms with van der Waals surface area (Å²) in [4.78, 5) is 2.72. The Morgan fingerprint density at radius 2 is 1.85 bits per heavy atom. The normalized spacial score (nSPS) is 26.2. The molecule has 2 saturated heterocycles. The SMILES string of the molecule is Cc1cc(NC2C[C@@H]3CN(CC4CCOCC4)C[C@@H]3C2)nnc1-c1ccc2nn(C)cc2c1. The van der Waals surface area contributed by atoms with Gasteiger partial charge in [0.2, 0.25) is 0 Å². The molecule has 0 amide bonds. The van der Waals surface area contributed by atoms with E-state index in [-0.39, 0.29) is 0 Å². The fraction of sp³-hybridized carbons (Fsp3) is 0.577. The highest BCUT2D eigenvalue weighted by molar-refractivity contribution is 5.84. The highest BCUT2D eigenvalue weighted by Gasteiger charge is 2.41. The van der Waals surface area contributed by atoms with Gasteiger partial charge in [-0.15, -0.1) is 10.2 Å². The summed E-state index contributed by atoms with van der Waals surface area (Å²) in [6, 6.07) is 8.96. The molecule has 6 rings (SSSR count). The van der Waals surface area contributed by atoms with Crippen LogP contribution in [0.3, 0.4) is 0 Å². The molecule has 1 aliphatic carbocycles. The predicted octanol–water partition coefficient (Wildman–Crippen LogP) is 3.89. The number of benzene rings is 1. The molecule has 3 aromatic rings. The van der Waals surface area contributed by atoms with Gasteiger partial charge < -0.3 is 15.0 Å². The molecule has 0 spiro atoms. The molecule has 174 valence electrons. The summed E-state index contributed by atoms with van der Waals surface area (Å²) in [6.07, 6.45) is 7.00. The minimum Gasteiger partial charge on any atom is -0.381 e. The number of anilines is 1. The van der Waals surface area contributed by atoms with Gasteiger partial charge in [-0.3, -0.25) is 4.68 Å². The molecule has 2 aromatic heterocycles. The smallest absolute Gasteiger partial charge is 0.149 e. The topological polar surface area (TPSA) is 68.1 Å². The molecule has 4 heterocycles. The molecule has 2 aliphatic heterocycles. The number of rotatable bonds is 5. The van der Waals surface area contributed by atoms with Gasteiger partial charge in [0.25, 0.3) is 0 Å². The fourth-order valence-electron chi connectivity index (χ4n) is 6.30. The third kappa shape index (κ3) is 4.36. The van der Waals surface area contributed by atoms with Crippen molar-refractivity contribution in [2.45, 2.75) is 38.6 Å². The first-order valence-electron chi connectivity index (χ1n) is 12.5. The van der Waals surface area contributed by atoms with Gasteiger partial charge in [0.1, 0.15) is 5.82 Å². The van der Waals surface area contributed by atoms with E-state index in [1.165, 1.54) is 45.3 Å². The summed E-state index contributed by atoms with van der Waals surface area (Å²) in [7, 11) is 1.95. The number of nitrogens with one attached hydrogen (secondary N) is 1. The lowest BCUT2D eigenvalue weighted by Crippen LogP contribution is -2.32. The summed E-state index contributed by atoms with van der Waals surface area (Å²) in [5.41, 5.74) is 4.19. The summed E-state index contributed by atoms with van der Waals surface area (Å²) in [5.74, 6) is 3.38. The highest BCUT2D eigenvalue weighted by atomic mass is 16.5. The molecule has 7 nitrogen and oxygen atoms in total. The van der Waals surface area contributed by atoms with Gasteiger partial charge in [0, 0.05) is 63.1 Å². The Labute approximate surface area is 195 Å². The van der Waals surface area contributed by atoms with E-state index in [1.54, 1.807) is 0 Å². The van der Waals surface area contributed by atoms with Crippen molar-refractivity contribution in [1.82, 2.24) is 24.9 Å². The van der Waals surface area contributed by atoms with Crippen LogP contribution in [0.4, 0.5) is 5.82 Å². The minimum atomic E-state index is 0.511. The van der Waals surface area contributed by atoms with Gasteiger partial charge in [-0.25, -0.2) is 0 Å². The van der Waals surface area contributed by atoms with Gasteiger partial charge in [-0.1, -0.05) is 6.07 Å². The summed E-state index contributed by atoms with van der Waals surface area (Å²) >= 11 is 0. The first-order chi connectivity index (χ1) is 16.1. The zero-order chi connectivity index (χ0) is 22.4. The van der Waals surface area contributed by atoms with Gasteiger partial charge in [0.05, 0.1) is 11.2 Å². The van der Waals surface area contributed by atoms with E-state index in [4.69, 9.17) is 4.74 Å². The van der Waals surface area contributed by atoms with Crippen LogP contribution in [-0.2, 0) is 11.8 Å². The molecule has 1 saturated carbocycles. The molecule has 3 fully saturated rings. The van der Waals surface area contributed by atoms with Crippen LogP contribution in [0.25, 0.3) is 22.2 Å². The van der Waals surface area contributed by atoms with Crippen LogP contribution in [0.15, 0.2) is 30.5 Å². The van der Waals surface area contributed by atoms with E-state index in [1.807, 2.05) is 17.9 Å². The van der Waals surface area contributed by atoms with Crippen molar-refractivity contribution in [3.05, 3.63) is 36.0 Å². The van der Waals surface area contributed by atoms with Crippen molar-refractivity contribution in [1.29, 1.82) is 0 Å². The lowest BCUT2D eigenvalue weighted by molar-refractivity contribution is 0.0545. The van der Waals surface area contributed by atoms with Crippen molar-refractivity contribution in [3.63, 3.8) is 0 Å². The molecule has 33 heavy (non-hydrogen) atoms. The number of hydrogen-bond donors (Lipinski definition) is 1. The van der Waals surface area contributed by atoms with Crippen LogP contribution in [-0.4, -0.2) is 63.8 Å². The Morgan fingerprint density at radius 1 is 1.06 bits per heavy atom. The maximum atomic E-state index is 5.53. The van der Waals surface area contributed by atoms with Gasteiger partial charge in [0.15, 0.2) is 0 Å². The van der Waals surface area contributed by atoms with E-state index >= 15 is 0 Å². The van der Waals surface area contributed by atoms with E-state index < -0.39 is 0 Å². The molecule has 3 atom stereocenters. The van der Waals surface area contributed by atoms with Crippen LogP contribution < -0.4 is 5.32 Å². The Balaban J connectivity index is 1.07. The van der Waals surface area contributed by atoms with E-state index in [0.717, 1.165) is 64.5 Å². The standard InChI is InChI=1S/C26H34N6O/c1-17-9-25(28-29-26(17)19-3-4-24-22(10-19)14-31(2)30-24)27-23-11-20-15-32(16-21(20)12-23)13-18-5-7-33-8-6-18/h3-4,9-10,14,18,20-21,23H,5-8,11-13,15-16H2,1-2H3,(H,27,28)/t20-,21+,23?. The Morgan fingerprint density at radius 3 is 2.61 bits per heavy atom. The van der Waals surface area contributed by atoms with Crippen LogP contribution in [0.5, 0.6) is 0 Å². The Bertz CT molecular complexity index is 1120. The second kappa shape index (κ2) is 8.69. The molecular formula is C26H34N6O. The van der Waals surface area contributed by atoms with E-state index in [2.05, 4.69) is 56.7 Å². The highest BCUT2D eigenvalue weighted by Crippen LogP contribution is 2.40. The van der Waals surface area contributed by atoms with Gasteiger partial charge in [-0.05, 0) is 74.1 Å². The third-order valence-electron chi connectivity index (χ3n) is 7.91. The lowest BCUT2D eigenvalue weighted by atomic mass is 10.00.